The molecule has 3 aromatic rings. The molecule has 0 saturated carbocycles. The molecular formula is C24H20F2IO7S2-. The first-order chi connectivity index (χ1) is 16.6. The van der Waals surface area contributed by atoms with Crippen LogP contribution in [0, 0.1) is 3.57 Å². The molecule has 0 radical (unpaired) electrons. The van der Waals surface area contributed by atoms with Gasteiger partial charge in [0.05, 0.1) is 0 Å². The van der Waals surface area contributed by atoms with Crippen LogP contribution in [0.3, 0.4) is 0 Å². The maximum absolute atomic E-state index is 13.7. The number of ketones is 1. The van der Waals surface area contributed by atoms with Gasteiger partial charge in [-0.2, -0.15) is 17.2 Å². The number of halogens is 3. The highest BCUT2D eigenvalue weighted by molar-refractivity contribution is 14.1. The molecule has 0 bridgehead atoms. The van der Waals surface area contributed by atoms with Crippen molar-refractivity contribution in [3.8, 4) is 5.75 Å². The van der Waals surface area contributed by atoms with Crippen LogP contribution in [0.5, 0.6) is 5.75 Å². The van der Waals surface area contributed by atoms with Crippen molar-refractivity contribution in [2.24, 2.45) is 0 Å². The lowest BCUT2D eigenvalue weighted by molar-refractivity contribution is -0.133. The highest BCUT2D eigenvalue weighted by Gasteiger charge is 2.45. The normalized spacial score (nSPS) is 12.6. The number of Topliss-reactive ketones (excluding diaryl/α,β-unsaturated/α-hetero) is 1. The van der Waals surface area contributed by atoms with Gasteiger partial charge in [0.1, 0.15) is 10.6 Å². The number of carbonyl (C=O) groups excluding carboxylic acids is 1. The molecule has 36 heavy (non-hydrogen) atoms. The number of alkyl halides is 2. The Morgan fingerprint density at radius 3 is 2.28 bits per heavy atom. The van der Waals surface area contributed by atoms with Gasteiger partial charge in [0, 0.05) is 9.99 Å². The van der Waals surface area contributed by atoms with Gasteiger partial charge in [-0.25, -0.2) is 8.42 Å². The Kier molecular flexibility index (Phi) is 7.94. The van der Waals surface area contributed by atoms with E-state index in [1.54, 1.807) is 60.7 Å². The Bertz CT molecular complexity index is 1580. The van der Waals surface area contributed by atoms with Crippen molar-refractivity contribution in [1.82, 2.24) is 0 Å². The summed E-state index contributed by atoms with van der Waals surface area (Å²) in [7, 11) is -10.6. The van der Waals surface area contributed by atoms with Crippen LogP contribution in [-0.2, 0) is 31.5 Å². The van der Waals surface area contributed by atoms with Crippen molar-refractivity contribution in [3.05, 3.63) is 75.4 Å². The van der Waals surface area contributed by atoms with Gasteiger partial charge in [-0.15, -0.1) is 0 Å². The maximum Gasteiger partial charge on any atom is 0.391 e. The molecule has 0 heterocycles. The summed E-state index contributed by atoms with van der Waals surface area (Å²) >= 11 is 1.67. The predicted molar refractivity (Wildman–Crippen MR) is 138 cm³/mol. The van der Waals surface area contributed by atoms with Crippen molar-refractivity contribution in [1.29, 1.82) is 0 Å². The van der Waals surface area contributed by atoms with Crippen LogP contribution in [-0.4, -0.2) is 32.4 Å². The zero-order valence-corrected chi connectivity index (χ0v) is 22.8. The van der Waals surface area contributed by atoms with E-state index in [4.69, 9.17) is 4.18 Å². The molecule has 0 aliphatic heterocycles. The zero-order chi connectivity index (χ0) is 27.1. The van der Waals surface area contributed by atoms with Crippen molar-refractivity contribution in [2.75, 3.05) is 0 Å². The second kappa shape index (κ2) is 10.1. The predicted octanol–water partition coefficient (Wildman–Crippen LogP) is 5.23. The topological polar surface area (TPSA) is 118 Å². The minimum absolute atomic E-state index is 0.0545. The molecule has 0 fully saturated rings. The average molecular weight is 649 g/mol. The molecule has 0 aliphatic rings. The summed E-state index contributed by atoms with van der Waals surface area (Å²) in [6.45, 7) is 7.02. The van der Waals surface area contributed by atoms with Crippen molar-refractivity contribution >= 4 is 65.5 Å². The standard InChI is InChI=1S/C24H21F2IO7S2/c1-4-15-5-6-18-13-19(8-7-17(18)9-15)34-35(29,30)23-20(14(2)3)10-16(11-21(23)27)12-22(28)24(25,26)36(31,32)33/h4-11,13-14H,1,12H2,2-3H3,(H,31,32,33)/p-1. The van der Waals surface area contributed by atoms with E-state index in [9.17, 15) is 35.0 Å². The minimum Gasteiger partial charge on any atom is -0.743 e. The van der Waals surface area contributed by atoms with Gasteiger partial charge in [0.15, 0.2) is 10.1 Å². The molecule has 0 aromatic heterocycles. The number of carbonyl (C=O) groups is 1. The summed E-state index contributed by atoms with van der Waals surface area (Å²) < 4.78 is 91.6. The average Bonchev–Trinajstić information content (AvgIpc) is 2.76. The number of benzene rings is 3. The monoisotopic (exact) mass is 649 g/mol. The zero-order valence-electron chi connectivity index (χ0n) is 19.0. The molecule has 0 spiro atoms. The Morgan fingerprint density at radius 1 is 1.08 bits per heavy atom. The van der Waals surface area contributed by atoms with E-state index in [0.717, 1.165) is 22.4 Å². The smallest absolute Gasteiger partial charge is 0.391 e. The third-order valence-electron chi connectivity index (χ3n) is 5.28. The first kappa shape index (κ1) is 28.2. The molecule has 0 aliphatic carbocycles. The van der Waals surface area contributed by atoms with E-state index >= 15 is 0 Å². The molecule has 3 aromatic carbocycles. The van der Waals surface area contributed by atoms with Crippen molar-refractivity contribution in [2.45, 2.75) is 36.3 Å². The first-order valence-corrected chi connectivity index (χ1v) is 14.3. The third-order valence-corrected chi connectivity index (χ3v) is 8.72. The minimum atomic E-state index is -6.20. The fourth-order valence-corrected chi connectivity index (χ4v) is 6.68. The van der Waals surface area contributed by atoms with Gasteiger partial charge in [0.2, 0.25) is 5.78 Å². The molecule has 192 valence electrons. The van der Waals surface area contributed by atoms with Gasteiger partial charge >= 0.3 is 15.4 Å². The van der Waals surface area contributed by atoms with Crippen LogP contribution in [0.4, 0.5) is 8.78 Å². The second-order valence-electron chi connectivity index (χ2n) is 8.23. The summed E-state index contributed by atoms with van der Waals surface area (Å²) in [6, 6.07) is 12.6. The molecule has 3 rings (SSSR count). The highest BCUT2D eigenvalue weighted by Crippen LogP contribution is 2.34. The second-order valence-corrected chi connectivity index (χ2v) is 12.3. The van der Waals surface area contributed by atoms with Gasteiger partial charge in [-0.3, -0.25) is 4.79 Å². The van der Waals surface area contributed by atoms with E-state index in [0.29, 0.717) is 0 Å². The van der Waals surface area contributed by atoms with Crippen LogP contribution < -0.4 is 4.18 Å². The molecule has 0 N–H and O–H groups in total. The Labute approximate surface area is 221 Å². The number of rotatable bonds is 9. The number of hydrogen-bond acceptors (Lipinski definition) is 7. The maximum atomic E-state index is 13.7. The van der Waals surface area contributed by atoms with Crippen LogP contribution in [0.15, 0.2) is 60.0 Å². The Balaban J connectivity index is 2.00. The quantitative estimate of drug-likeness (QED) is 0.177. The fourth-order valence-electron chi connectivity index (χ4n) is 3.48. The molecule has 0 saturated heterocycles. The summed E-state index contributed by atoms with van der Waals surface area (Å²) in [5.41, 5.74) is 0.998. The molecule has 12 heteroatoms. The van der Waals surface area contributed by atoms with Gasteiger partial charge in [0.25, 0.3) is 0 Å². The van der Waals surface area contributed by atoms with E-state index in [1.165, 1.54) is 12.1 Å². The lowest BCUT2D eigenvalue weighted by Crippen LogP contribution is -2.38. The molecule has 0 amide bonds. The lowest BCUT2D eigenvalue weighted by Gasteiger charge is -2.20. The number of fused-ring (bicyclic) bond motifs is 1. The van der Waals surface area contributed by atoms with Gasteiger partial charge in [-0.1, -0.05) is 50.8 Å². The highest BCUT2D eigenvalue weighted by atomic mass is 127. The van der Waals surface area contributed by atoms with E-state index in [1.807, 2.05) is 12.1 Å². The van der Waals surface area contributed by atoms with Crippen LogP contribution in [0.2, 0.25) is 0 Å². The van der Waals surface area contributed by atoms with Crippen molar-refractivity contribution < 1.29 is 39.1 Å². The number of hydrogen-bond donors (Lipinski definition) is 0. The van der Waals surface area contributed by atoms with Crippen molar-refractivity contribution in [3.63, 3.8) is 0 Å². The first-order valence-electron chi connectivity index (χ1n) is 10.4. The van der Waals surface area contributed by atoms with E-state index < -0.39 is 43.6 Å². The summed E-state index contributed by atoms with van der Waals surface area (Å²) in [5.74, 6) is -2.50. The fraction of sp³-hybridized carbons (Fsp3) is 0.208. The SMILES string of the molecule is C=Cc1ccc2cc(OS(=O)(=O)c3c(I)cc(CC(=O)C(F)(F)S(=O)(=O)[O-])cc3C(C)C)ccc2c1. The molecule has 0 atom stereocenters. The van der Waals surface area contributed by atoms with E-state index in [2.05, 4.69) is 6.58 Å². The largest absolute Gasteiger partial charge is 0.743 e. The Morgan fingerprint density at radius 2 is 1.69 bits per heavy atom. The third kappa shape index (κ3) is 5.76. The van der Waals surface area contributed by atoms with Crippen LogP contribution in [0.1, 0.15) is 36.5 Å². The summed E-state index contributed by atoms with van der Waals surface area (Å²) in [4.78, 5) is 11.7. The Hall–Kier alpha value is -2.42. The molecule has 0 unspecified atom stereocenters. The van der Waals surface area contributed by atoms with Gasteiger partial charge in [-0.05, 0) is 80.2 Å². The summed E-state index contributed by atoms with van der Waals surface area (Å²) in [5, 5.41) is -3.52. The summed E-state index contributed by atoms with van der Waals surface area (Å²) in [6.07, 6.45) is 0.602. The van der Waals surface area contributed by atoms with Crippen LogP contribution >= 0.6 is 22.6 Å². The van der Waals surface area contributed by atoms with Gasteiger partial charge < -0.3 is 8.74 Å². The van der Waals surface area contributed by atoms with Crippen LogP contribution in [0.25, 0.3) is 16.8 Å². The van der Waals surface area contributed by atoms with E-state index in [-0.39, 0.29) is 25.3 Å². The molecular weight excluding hydrogens is 629 g/mol. The lowest BCUT2D eigenvalue weighted by atomic mass is 9.98. The molecule has 7 nitrogen and oxygen atoms in total.